The first-order valence-corrected chi connectivity index (χ1v) is 7.82. The van der Waals surface area contributed by atoms with E-state index in [1.54, 1.807) is 6.20 Å². The van der Waals surface area contributed by atoms with Gasteiger partial charge in [0.25, 0.3) is 0 Å². The number of hydrazine groups is 1. The van der Waals surface area contributed by atoms with E-state index in [1.165, 1.54) is 31.2 Å². The minimum atomic E-state index is 0.110. The molecule has 1 aliphatic carbocycles. The Morgan fingerprint density at radius 2 is 2.10 bits per heavy atom. The third-order valence-corrected chi connectivity index (χ3v) is 5.17. The number of hydrogen-bond donors (Lipinski definition) is 3. The van der Waals surface area contributed by atoms with Crippen LogP contribution in [0.25, 0.3) is 0 Å². The lowest BCUT2D eigenvalue weighted by Crippen LogP contribution is -2.62. The van der Waals surface area contributed by atoms with Gasteiger partial charge in [-0.25, -0.2) is 4.98 Å². The molecule has 118 valence electrons. The minimum Gasteiger partial charge on any atom is -0.384 e. The Labute approximate surface area is 128 Å². The van der Waals surface area contributed by atoms with Crippen molar-refractivity contribution >= 4 is 5.82 Å². The number of pyridine rings is 1. The number of aromatic nitrogens is 1. The second-order valence-corrected chi connectivity index (χ2v) is 6.69. The van der Waals surface area contributed by atoms with Crippen molar-refractivity contribution < 1.29 is 0 Å². The summed E-state index contributed by atoms with van der Waals surface area (Å²) in [5.41, 5.74) is 10.2. The van der Waals surface area contributed by atoms with Gasteiger partial charge in [0.2, 0.25) is 0 Å². The van der Waals surface area contributed by atoms with E-state index < -0.39 is 0 Å². The Balaban J connectivity index is 2.20. The van der Waals surface area contributed by atoms with Gasteiger partial charge in [0.1, 0.15) is 5.82 Å². The van der Waals surface area contributed by atoms with Crippen LogP contribution in [-0.2, 0) is 6.42 Å². The molecule has 0 bridgehead atoms. The maximum absolute atomic E-state index is 5.92. The molecule has 1 aromatic rings. The highest BCUT2D eigenvalue weighted by molar-refractivity contribution is 5.32. The molecule has 1 heterocycles. The summed E-state index contributed by atoms with van der Waals surface area (Å²) in [6.45, 7) is 2.34. The van der Waals surface area contributed by atoms with Crippen LogP contribution in [0, 0.1) is 5.92 Å². The van der Waals surface area contributed by atoms with E-state index in [0.717, 1.165) is 12.3 Å². The molecule has 0 saturated heterocycles. The molecule has 5 N–H and O–H groups in total. The Morgan fingerprint density at radius 1 is 1.43 bits per heavy atom. The van der Waals surface area contributed by atoms with Crippen LogP contribution in [0.4, 0.5) is 5.82 Å². The van der Waals surface area contributed by atoms with Crippen molar-refractivity contribution in [2.45, 2.75) is 50.6 Å². The first kappa shape index (κ1) is 16.2. The van der Waals surface area contributed by atoms with Gasteiger partial charge in [0.15, 0.2) is 0 Å². The number of anilines is 1. The van der Waals surface area contributed by atoms with Crippen molar-refractivity contribution in [3.05, 3.63) is 23.9 Å². The Bertz CT molecular complexity index is 452. The fraction of sp³-hybridized carbons (Fsp3) is 0.688. The molecule has 0 aliphatic heterocycles. The second kappa shape index (κ2) is 6.73. The van der Waals surface area contributed by atoms with Crippen molar-refractivity contribution in [2.75, 3.05) is 19.8 Å². The molecule has 1 unspecified atom stereocenters. The molecule has 0 amide bonds. The molecule has 5 nitrogen and oxygen atoms in total. The Hall–Kier alpha value is -1.17. The average Bonchev–Trinajstić information content (AvgIpc) is 2.46. The van der Waals surface area contributed by atoms with Gasteiger partial charge in [-0.15, -0.1) is 0 Å². The molecule has 2 rings (SSSR count). The van der Waals surface area contributed by atoms with Crippen LogP contribution in [-0.4, -0.2) is 35.6 Å². The molecule has 1 fully saturated rings. The predicted molar refractivity (Wildman–Crippen MR) is 87.5 cm³/mol. The monoisotopic (exact) mass is 291 g/mol. The first-order valence-electron chi connectivity index (χ1n) is 7.82. The summed E-state index contributed by atoms with van der Waals surface area (Å²) >= 11 is 0. The van der Waals surface area contributed by atoms with Crippen LogP contribution in [0.5, 0.6) is 0 Å². The number of likely N-dealkylation sites (N-methyl/N-ethyl adjacent to an activating group) is 1. The molecule has 1 aromatic heterocycles. The lowest BCUT2D eigenvalue weighted by atomic mass is 9.71. The van der Waals surface area contributed by atoms with Crippen LogP contribution >= 0.6 is 0 Å². The molecule has 1 saturated carbocycles. The topological polar surface area (TPSA) is 80.2 Å². The zero-order chi connectivity index (χ0) is 15.5. The molecule has 21 heavy (non-hydrogen) atoms. The number of nitrogens with one attached hydrogen (secondary N) is 1. The second-order valence-electron chi connectivity index (χ2n) is 6.69. The molecule has 1 aliphatic rings. The van der Waals surface area contributed by atoms with Gasteiger partial charge < -0.3 is 10.6 Å². The summed E-state index contributed by atoms with van der Waals surface area (Å²) in [5.74, 6) is 7.31. The standard InChI is InChI=1S/C16H29N5/c1-12-4-7-16(8-5-12,21(2)3)14(20-18)10-13-6-9-19-15(17)11-13/h6,9,11-12,14,20H,4-5,7-8,10,18H2,1-3H3,(H2,17,19). The van der Waals surface area contributed by atoms with Gasteiger partial charge in [0.05, 0.1) is 0 Å². The van der Waals surface area contributed by atoms with E-state index in [1.807, 2.05) is 12.1 Å². The Morgan fingerprint density at radius 3 is 2.62 bits per heavy atom. The summed E-state index contributed by atoms with van der Waals surface area (Å²) in [5, 5.41) is 0. The quantitative estimate of drug-likeness (QED) is 0.566. The molecule has 0 spiro atoms. The normalized spacial score (nSPS) is 27.8. The van der Waals surface area contributed by atoms with Crippen LogP contribution in [0.1, 0.15) is 38.2 Å². The zero-order valence-corrected chi connectivity index (χ0v) is 13.5. The van der Waals surface area contributed by atoms with Crippen LogP contribution in [0.2, 0.25) is 0 Å². The summed E-state index contributed by atoms with van der Waals surface area (Å²) < 4.78 is 0. The van der Waals surface area contributed by atoms with E-state index >= 15 is 0 Å². The number of nitrogen functional groups attached to an aromatic ring is 1. The predicted octanol–water partition coefficient (Wildman–Crippen LogP) is 1.55. The summed E-state index contributed by atoms with van der Waals surface area (Å²) in [7, 11) is 4.34. The van der Waals surface area contributed by atoms with E-state index in [2.05, 4.69) is 36.3 Å². The van der Waals surface area contributed by atoms with Gasteiger partial charge in [-0.1, -0.05) is 6.92 Å². The number of rotatable bonds is 5. The first-order chi connectivity index (χ1) is 9.98. The molecule has 1 atom stereocenters. The third kappa shape index (κ3) is 3.54. The van der Waals surface area contributed by atoms with E-state index in [-0.39, 0.29) is 11.6 Å². The summed E-state index contributed by atoms with van der Waals surface area (Å²) in [6, 6.07) is 4.18. The SMILES string of the molecule is CC1CCC(C(Cc2ccnc(N)c2)NN)(N(C)C)CC1. The van der Waals surface area contributed by atoms with Gasteiger partial charge in [-0.3, -0.25) is 11.3 Å². The van der Waals surface area contributed by atoms with Crippen molar-refractivity contribution in [2.24, 2.45) is 11.8 Å². The minimum absolute atomic E-state index is 0.110. The molecule has 0 aromatic carbocycles. The van der Waals surface area contributed by atoms with E-state index in [4.69, 9.17) is 11.6 Å². The van der Waals surface area contributed by atoms with Crippen LogP contribution in [0.15, 0.2) is 18.3 Å². The molecular weight excluding hydrogens is 262 g/mol. The van der Waals surface area contributed by atoms with E-state index in [9.17, 15) is 0 Å². The van der Waals surface area contributed by atoms with Crippen LogP contribution in [0.3, 0.4) is 0 Å². The third-order valence-electron chi connectivity index (χ3n) is 5.17. The van der Waals surface area contributed by atoms with Gasteiger partial charge in [-0.05, 0) is 69.8 Å². The van der Waals surface area contributed by atoms with Crippen molar-refractivity contribution in [3.63, 3.8) is 0 Å². The van der Waals surface area contributed by atoms with Gasteiger partial charge in [-0.2, -0.15) is 0 Å². The van der Waals surface area contributed by atoms with Gasteiger partial charge >= 0.3 is 0 Å². The van der Waals surface area contributed by atoms with Gasteiger partial charge in [0, 0.05) is 17.8 Å². The highest BCUT2D eigenvalue weighted by Gasteiger charge is 2.42. The maximum atomic E-state index is 5.92. The number of nitrogens with two attached hydrogens (primary N) is 2. The molecule has 0 radical (unpaired) electrons. The van der Waals surface area contributed by atoms with Crippen molar-refractivity contribution in [1.82, 2.24) is 15.3 Å². The highest BCUT2D eigenvalue weighted by Crippen LogP contribution is 2.38. The van der Waals surface area contributed by atoms with Crippen molar-refractivity contribution in [1.29, 1.82) is 0 Å². The lowest BCUT2D eigenvalue weighted by Gasteiger charge is -2.49. The number of hydrogen-bond acceptors (Lipinski definition) is 5. The lowest BCUT2D eigenvalue weighted by molar-refractivity contribution is 0.0434. The fourth-order valence-corrected chi connectivity index (χ4v) is 3.63. The van der Waals surface area contributed by atoms with E-state index in [0.29, 0.717) is 5.82 Å². The average molecular weight is 291 g/mol. The summed E-state index contributed by atoms with van der Waals surface area (Å²) in [6.07, 6.45) is 7.51. The molecular formula is C16H29N5. The van der Waals surface area contributed by atoms with Crippen LogP contribution < -0.4 is 17.0 Å². The smallest absolute Gasteiger partial charge is 0.123 e. The Kier molecular flexibility index (Phi) is 5.19. The molecule has 5 heteroatoms. The maximum Gasteiger partial charge on any atom is 0.123 e. The highest BCUT2D eigenvalue weighted by atomic mass is 15.3. The zero-order valence-electron chi connectivity index (χ0n) is 13.5. The summed E-state index contributed by atoms with van der Waals surface area (Å²) in [4.78, 5) is 6.42. The largest absolute Gasteiger partial charge is 0.384 e. The van der Waals surface area contributed by atoms with Crippen molar-refractivity contribution in [3.8, 4) is 0 Å². The fourth-order valence-electron chi connectivity index (χ4n) is 3.63. The number of nitrogens with zero attached hydrogens (tertiary/aromatic N) is 2.